The van der Waals surface area contributed by atoms with Gasteiger partial charge in [0.2, 0.25) is 5.91 Å². The molecule has 7 heteroatoms. The van der Waals surface area contributed by atoms with Crippen LogP contribution in [0.25, 0.3) is 0 Å². The zero-order valence-corrected chi connectivity index (χ0v) is 15.5. The van der Waals surface area contributed by atoms with E-state index in [2.05, 4.69) is 5.32 Å². The number of hydrogen-bond donors (Lipinski definition) is 1. The highest BCUT2D eigenvalue weighted by molar-refractivity contribution is 6.03. The first-order chi connectivity index (χ1) is 12.5. The molecule has 1 aromatic carbocycles. The van der Waals surface area contributed by atoms with E-state index in [1.54, 1.807) is 27.8 Å². The SMILES string of the molecule is CCCNC(=O)N1CCCN(C(=O)c2ccc3c(c2)CC(=O)N3C)CC1. The van der Waals surface area contributed by atoms with Crippen molar-refractivity contribution in [1.29, 1.82) is 0 Å². The molecule has 1 aromatic rings. The maximum Gasteiger partial charge on any atom is 0.317 e. The van der Waals surface area contributed by atoms with Gasteiger partial charge in [-0.3, -0.25) is 9.59 Å². The molecule has 26 heavy (non-hydrogen) atoms. The van der Waals surface area contributed by atoms with Crippen LogP contribution < -0.4 is 10.2 Å². The van der Waals surface area contributed by atoms with Gasteiger partial charge in [0.1, 0.15) is 0 Å². The highest BCUT2D eigenvalue weighted by Gasteiger charge is 2.27. The van der Waals surface area contributed by atoms with Crippen LogP contribution in [0.1, 0.15) is 35.7 Å². The number of carbonyl (C=O) groups excluding carboxylic acids is 3. The van der Waals surface area contributed by atoms with Crippen LogP contribution >= 0.6 is 0 Å². The highest BCUT2D eigenvalue weighted by Crippen LogP contribution is 2.28. The molecule has 0 aliphatic carbocycles. The minimum absolute atomic E-state index is 0.0365. The van der Waals surface area contributed by atoms with E-state index in [0.29, 0.717) is 44.7 Å². The van der Waals surface area contributed by atoms with Gasteiger partial charge in [0.25, 0.3) is 5.91 Å². The number of likely N-dealkylation sites (N-methyl/N-ethyl adjacent to an activating group) is 1. The van der Waals surface area contributed by atoms with Gasteiger partial charge in [0, 0.05) is 51.0 Å². The number of hydrogen-bond acceptors (Lipinski definition) is 3. The Morgan fingerprint density at radius 1 is 1.12 bits per heavy atom. The molecule has 2 aliphatic heterocycles. The number of fused-ring (bicyclic) bond motifs is 1. The summed E-state index contributed by atoms with van der Waals surface area (Å²) in [5.41, 5.74) is 2.38. The van der Waals surface area contributed by atoms with E-state index in [1.165, 1.54) is 0 Å². The van der Waals surface area contributed by atoms with Gasteiger partial charge in [-0.05, 0) is 36.6 Å². The maximum absolute atomic E-state index is 12.9. The Balaban J connectivity index is 1.65. The molecule has 7 nitrogen and oxygen atoms in total. The molecule has 2 aliphatic rings. The highest BCUT2D eigenvalue weighted by atomic mass is 16.2. The van der Waals surface area contributed by atoms with Crippen LogP contribution in [-0.2, 0) is 11.2 Å². The van der Waals surface area contributed by atoms with Crippen molar-refractivity contribution >= 4 is 23.5 Å². The van der Waals surface area contributed by atoms with Crippen LogP contribution in [0.15, 0.2) is 18.2 Å². The molecule has 0 aromatic heterocycles. The Hall–Kier alpha value is -2.57. The summed E-state index contributed by atoms with van der Waals surface area (Å²) in [6, 6.07) is 5.40. The quantitative estimate of drug-likeness (QED) is 0.889. The van der Waals surface area contributed by atoms with Crippen molar-refractivity contribution in [1.82, 2.24) is 15.1 Å². The molecule has 0 saturated carbocycles. The molecular weight excluding hydrogens is 332 g/mol. The molecule has 1 N–H and O–H groups in total. The lowest BCUT2D eigenvalue weighted by Gasteiger charge is -2.22. The van der Waals surface area contributed by atoms with Gasteiger partial charge < -0.3 is 20.0 Å². The Morgan fingerprint density at radius 2 is 1.85 bits per heavy atom. The lowest BCUT2D eigenvalue weighted by Crippen LogP contribution is -2.42. The van der Waals surface area contributed by atoms with Crippen molar-refractivity contribution in [3.05, 3.63) is 29.3 Å². The zero-order chi connectivity index (χ0) is 18.7. The molecule has 140 valence electrons. The van der Waals surface area contributed by atoms with E-state index in [1.807, 2.05) is 19.1 Å². The minimum Gasteiger partial charge on any atom is -0.338 e. The average Bonchev–Trinajstić information content (AvgIpc) is 2.82. The molecule has 4 amide bonds. The van der Waals surface area contributed by atoms with Crippen molar-refractivity contribution in [2.45, 2.75) is 26.2 Å². The summed E-state index contributed by atoms with van der Waals surface area (Å²) in [6.07, 6.45) is 2.01. The van der Waals surface area contributed by atoms with Gasteiger partial charge in [0.15, 0.2) is 0 Å². The fourth-order valence-electron chi connectivity index (χ4n) is 3.45. The summed E-state index contributed by atoms with van der Waals surface area (Å²) in [4.78, 5) is 42.0. The Kier molecular flexibility index (Phi) is 5.44. The third-order valence-electron chi connectivity index (χ3n) is 5.00. The first-order valence-electron chi connectivity index (χ1n) is 9.22. The second-order valence-corrected chi connectivity index (χ2v) is 6.84. The lowest BCUT2D eigenvalue weighted by molar-refractivity contribution is -0.117. The third-order valence-corrected chi connectivity index (χ3v) is 5.00. The van der Waals surface area contributed by atoms with Crippen molar-refractivity contribution in [3.63, 3.8) is 0 Å². The summed E-state index contributed by atoms with van der Waals surface area (Å²) in [6.45, 7) is 5.03. The Morgan fingerprint density at radius 3 is 2.62 bits per heavy atom. The third kappa shape index (κ3) is 3.66. The molecule has 3 rings (SSSR count). The fraction of sp³-hybridized carbons (Fsp3) is 0.526. The number of anilines is 1. The van der Waals surface area contributed by atoms with E-state index in [0.717, 1.165) is 24.1 Å². The number of nitrogens with one attached hydrogen (secondary N) is 1. The summed E-state index contributed by atoms with van der Waals surface area (Å²) in [7, 11) is 1.75. The van der Waals surface area contributed by atoms with Crippen LogP contribution in [0.4, 0.5) is 10.5 Å². The van der Waals surface area contributed by atoms with Gasteiger partial charge in [-0.15, -0.1) is 0 Å². The summed E-state index contributed by atoms with van der Waals surface area (Å²) in [5.74, 6) is 0.0127. The molecule has 1 fully saturated rings. The number of amides is 4. The number of urea groups is 1. The van der Waals surface area contributed by atoms with E-state index in [-0.39, 0.29) is 17.8 Å². The van der Waals surface area contributed by atoms with Crippen LogP contribution in [-0.4, -0.2) is 67.4 Å². The predicted molar refractivity (Wildman–Crippen MR) is 99.3 cm³/mol. The van der Waals surface area contributed by atoms with Crippen molar-refractivity contribution < 1.29 is 14.4 Å². The Labute approximate surface area is 153 Å². The minimum atomic E-state index is -0.0553. The molecule has 0 atom stereocenters. The van der Waals surface area contributed by atoms with Gasteiger partial charge in [-0.25, -0.2) is 4.79 Å². The van der Waals surface area contributed by atoms with Crippen molar-refractivity contribution in [2.24, 2.45) is 0 Å². The molecular formula is C19H26N4O3. The largest absolute Gasteiger partial charge is 0.338 e. The van der Waals surface area contributed by atoms with Gasteiger partial charge >= 0.3 is 6.03 Å². The summed E-state index contributed by atoms with van der Waals surface area (Å²) in [5, 5.41) is 2.89. The molecule has 1 saturated heterocycles. The number of rotatable bonds is 3. The second kappa shape index (κ2) is 7.76. The molecule has 0 bridgehead atoms. The van der Waals surface area contributed by atoms with Crippen LogP contribution in [0.2, 0.25) is 0 Å². The van der Waals surface area contributed by atoms with Gasteiger partial charge in [-0.1, -0.05) is 6.92 Å². The molecule has 0 spiro atoms. The monoisotopic (exact) mass is 358 g/mol. The van der Waals surface area contributed by atoms with Crippen molar-refractivity contribution in [3.8, 4) is 0 Å². The van der Waals surface area contributed by atoms with Gasteiger partial charge in [0.05, 0.1) is 6.42 Å². The van der Waals surface area contributed by atoms with Crippen LogP contribution in [0.5, 0.6) is 0 Å². The molecule has 0 radical (unpaired) electrons. The number of carbonyl (C=O) groups is 3. The topological polar surface area (TPSA) is 73.0 Å². The standard InChI is InChI=1S/C19H26N4O3/c1-3-7-20-19(26)23-9-4-8-22(10-11-23)18(25)14-5-6-16-15(12-14)13-17(24)21(16)2/h5-6,12H,3-4,7-11,13H2,1-2H3,(H,20,26). The van der Waals surface area contributed by atoms with E-state index >= 15 is 0 Å². The van der Waals surface area contributed by atoms with Crippen LogP contribution in [0, 0.1) is 0 Å². The first kappa shape index (κ1) is 18.2. The average molecular weight is 358 g/mol. The summed E-state index contributed by atoms with van der Waals surface area (Å²) >= 11 is 0. The van der Waals surface area contributed by atoms with E-state index in [9.17, 15) is 14.4 Å². The van der Waals surface area contributed by atoms with E-state index in [4.69, 9.17) is 0 Å². The predicted octanol–water partition coefficient (Wildman–Crippen LogP) is 1.47. The maximum atomic E-state index is 12.9. The normalized spacial score (nSPS) is 17.2. The Bertz CT molecular complexity index is 719. The second-order valence-electron chi connectivity index (χ2n) is 6.84. The van der Waals surface area contributed by atoms with Crippen LogP contribution in [0.3, 0.4) is 0 Å². The fourth-order valence-corrected chi connectivity index (χ4v) is 3.45. The summed E-state index contributed by atoms with van der Waals surface area (Å²) < 4.78 is 0. The first-order valence-corrected chi connectivity index (χ1v) is 9.22. The van der Waals surface area contributed by atoms with E-state index < -0.39 is 0 Å². The zero-order valence-electron chi connectivity index (χ0n) is 15.5. The molecule has 0 unspecified atom stereocenters. The van der Waals surface area contributed by atoms with Gasteiger partial charge in [-0.2, -0.15) is 0 Å². The number of benzene rings is 1. The van der Waals surface area contributed by atoms with Crippen molar-refractivity contribution in [2.75, 3.05) is 44.7 Å². The lowest BCUT2D eigenvalue weighted by atomic mass is 10.1. The molecule has 2 heterocycles. The number of nitrogens with zero attached hydrogens (tertiary/aromatic N) is 3. The smallest absolute Gasteiger partial charge is 0.317 e.